The molecule has 1 rings (SSSR count). The summed E-state index contributed by atoms with van der Waals surface area (Å²) in [5, 5.41) is 0. The molecule has 0 radical (unpaired) electrons. The number of halogens is 7. The maximum Gasteiger partial charge on any atom is 0.573 e. The van der Waals surface area contributed by atoms with Gasteiger partial charge in [0.1, 0.15) is 5.69 Å². The van der Waals surface area contributed by atoms with E-state index in [1.807, 2.05) is 0 Å². The number of aromatic nitrogens is 1. The van der Waals surface area contributed by atoms with Crippen molar-refractivity contribution in [2.45, 2.75) is 18.7 Å². The van der Waals surface area contributed by atoms with Crippen LogP contribution >= 0.6 is 34.2 Å². The van der Waals surface area contributed by atoms with E-state index in [2.05, 4.69) is 9.72 Å². The summed E-state index contributed by atoms with van der Waals surface area (Å²) in [4.78, 5) is 3.32. The average Bonchev–Trinajstić information content (AvgIpc) is 2.18. The Bertz CT molecular complexity index is 412. The van der Waals surface area contributed by atoms with Crippen molar-refractivity contribution < 1.29 is 26.7 Å². The molecule has 0 saturated carbocycles. The summed E-state index contributed by atoms with van der Waals surface area (Å²) in [5.74, 6) is -1.16. The molecule has 1 aromatic rings. The van der Waals surface area contributed by atoms with Crippen LogP contribution in [-0.4, -0.2) is 11.3 Å². The van der Waals surface area contributed by atoms with E-state index in [0.29, 0.717) is 0 Å². The summed E-state index contributed by atoms with van der Waals surface area (Å²) in [6.45, 7) is 0. The molecular weight excluding hydrogens is 383 g/mol. The minimum atomic E-state index is -5.05. The van der Waals surface area contributed by atoms with E-state index in [4.69, 9.17) is 11.6 Å². The molecule has 0 aliphatic heterocycles. The molecule has 0 amide bonds. The van der Waals surface area contributed by atoms with E-state index in [-0.39, 0.29) is 15.1 Å². The van der Waals surface area contributed by atoms with Crippen LogP contribution in [0.2, 0.25) is 0 Å². The normalized spacial score (nSPS) is 12.0. The second kappa shape index (κ2) is 5.51. The van der Waals surface area contributed by atoms with Crippen molar-refractivity contribution in [2.24, 2.45) is 0 Å². The molecule has 0 spiro atoms. The molecule has 0 aliphatic rings. The maximum absolute atomic E-state index is 12.5. The first-order valence-electron chi connectivity index (χ1n) is 4.03. The van der Waals surface area contributed by atoms with Crippen molar-refractivity contribution in [2.75, 3.05) is 0 Å². The van der Waals surface area contributed by atoms with Crippen LogP contribution in [0.5, 0.6) is 5.75 Å². The number of alkyl halides is 6. The van der Waals surface area contributed by atoms with Gasteiger partial charge in [0.15, 0.2) is 5.75 Å². The van der Waals surface area contributed by atoms with Gasteiger partial charge < -0.3 is 4.74 Å². The van der Waals surface area contributed by atoms with E-state index >= 15 is 0 Å². The Balaban J connectivity index is 3.27. The Labute approximate surface area is 111 Å². The lowest BCUT2D eigenvalue weighted by Crippen LogP contribution is -2.19. The largest absolute Gasteiger partial charge is 0.573 e. The molecule has 0 saturated heterocycles. The molecular formula is C8H4ClF5INO. The molecule has 0 N–H and O–H groups in total. The summed E-state index contributed by atoms with van der Waals surface area (Å²) in [6.07, 6.45) is -8.22. The standard InChI is InChI=1S/C8H4ClF5INO/c9-2-3-1-4(15)6(17-8(12,13)14)5(16-3)7(10)11/h1,7H,2H2. The van der Waals surface area contributed by atoms with Crippen LogP contribution in [0.25, 0.3) is 0 Å². The molecule has 0 aliphatic carbocycles. The Morgan fingerprint density at radius 1 is 1.41 bits per heavy atom. The molecule has 0 unspecified atom stereocenters. The van der Waals surface area contributed by atoms with E-state index in [0.717, 1.165) is 6.07 Å². The van der Waals surface area contributed by atoms with E-state index < -0.39 is 24.2 Å². The number of ether oxygens (including phenoxy) is 1. The van der Waals surface area contributed by atoms with Crippen LogP contribution in [0, 0.1) is 3.57 Å². The molecule has 0 atom stereocenters. The highest BCUT2D eigenvalue weighted by Gasteiger charge is 2.35. The van der Waals surface area contributed by atoms with Gasteiger partial charge in [-0.3, -0.25) is 0 Å². The van der Waals surface area contributed by atoms with Crippen LogP contribution in [0.1, 0.15) is 17.8 Å². The summed E-state index contributed by atoms with van der Waals surface area (Å²) in [7, 11) is 0. The van der Waals surface area contributed by atoms with Crippen molar-refractivity contribution in [3.05, 3.63) is 21.0 Å². The number of nitrogens with zero attached hydrogens (tertiary/aromatic N) is 1. The summed E-state index contributed by atoms with van der Waals surface area (Å²) < 4.78 is 64.6. The third-order valence-electron chi connectivity index (χ3n) is 1.57. The third kappa shape index (κ3) is 4.09. The van der Waals surface area contributed by atoms with Gasteiger partial charge in [-0.1, -0.05) is 0 Å². The number of pyridine rings is 1. The Morgan fingerprint density at radius 2 is 2.00 bits per heavy atom. The van der Waals surface area contributed by atoms with Crippen molar-refractivity contribution in [3.63, 3.8) is 0 Å². The monoisotopic (exact) mass is 387 g/mol. The lowest BCUT2D eigenvalue weighted by atomic mass is 10.3. The Kier molecular flexibility index (Phi) is 4.76. The molecule has 1 heterocycles. The van der Waals surface area contributed by atoms with Crippen molar-refractivity contribution in [1.29, 1.82) is 0 Å². The highest BCUT2D eigenvalue weighted by atomic mass is 127. The van der Waals surface area contributed by atoms with Gasteiger partial charge in [-0.05, 0) is 28.7 Å². The lowest BCUT2D eigenvalue weighted by Gasteiger charge is -2.14. The summed E-state index contributed by atoms with van der Waals surface area (Å²) >= 11 is 6.84. The van der Waals surface area contributed by atoms with Gasteiger partial charge in [0, 0.05) is 0 Å². The average molecular weight is 387 g/mol. The van der Waals surface area contributed by atoms with E-state index in [1.54, 1.807) is 0 Å². The van der Waals surface area contributed by atoms with Crippen LogP contribution in [-0.2, 0) is 5.88 Å². The van der Waals surface area contributed by atoms with Crippen LogP contribution < -0.4 is 4.74 Å². The number of hydrogen-bond donors (Lipinski definition) is 0. The van der Waals surface area contributed by atoms with Gasteiger partial charge in [0.05, 0.1) is 15.1 Å². The first-order chi connectivity index (χ1) is 7.74. The van der Waals surface area contributed by atoms with Gasteiger partial charge >= 0.3 is 6.36 Å². The van der Waals surface area contributed by atoms with Gasteiger partial charge in [-0.2, -0.15) is 0 Å². The first-order valence-corrected chi connectivity index (χ1v) is 5.65. The van der Waals surface area contributed by atoms with Gasteiger partial charge in [-0.15, -0.1) is 24.8 Å². The fraction of sp³-hybridized carbons (Fsp3) is 0.375. The maximum atomic E-state index is 12.5. The zero-order chi connectivity index (χ0) is 13.2. The second-order valence-electron chi connectivity index (χ2n) is 2.79. The molecule has 0 bridgehead atoms. The van der Waals surface area contributed by atoms with Gasteiger partial charge in [-0.25, -0.2) is 13.8 Å². The van der Waals surface area contributed by atoms with Gasteiger partial charge in [0.25, 0.3) is 6.43 Å². The topological polar surface area (TPSA) is 22.1 Å². The number of hydrogen-bond acceptors (Lipinski definition) is 2. The lowest BCUT2D eigenvalue weighted by molar-refractivity contribution is -0.275. The zero-order valence-electron chi connectivity index (χ0n) is 7.86. The molecule has 0 fully saturated rings. The molecule has 17 heavy (non-hydrogen) atoms. The smallest absolute Gasteiger partial charge is 0.402 e. The predicted molar refractivity (Wildman–Crippen MR) is 58.2 cm³/mol. The van der Waals surface area contributed by atoms with Crippen LogP contribution in [0.3, 0.4) is 0 Å². The molecule has 0 aromatic carbocycles. The SMILES string of the molecule is FC(F)c1nc(CCl)cc(I)c1OC(F)(F)F. The van der Waals surface area contributed by atoms with Crippen molar-refractivity contribution in [1.82, 2.24) is 4.98 Å². The Morgan fingerprint density at radius 3 is 2.41 bits per heavy atom. The fourth-order valence-corrected chi connectivity index (χ4v) is 1.89. The summed E-state index contributed by atoms with van der Waals surface area (Å²) in [5.41, 5.74) is -1.01. The molecule has 1 aromatic heterocycles. The summed E-state index contributed by atoms with van der Waals surface area (Å²) in [6, 6.07) is 1.15. The third-order valence-corrected chi connectivity index (χ3v) is 2.64. The van der Waals surface area contributed by atoms with Gasteiger partial charge in [0.2, 0.25) is 0 Å². The molecule has 96 valence electrons. The van der Waals surface area contributed by atoms with Crippen LogP contribution in [0.4, 0.5) is 22.0 Å². The van der Waals surface area contributed by atoms with E-state index in [9.17, 15) is 22.0 Å². The van der Waals surface area contributed by atoms with Crippen molar-refractivity contribution >= 4 is 34.2 Å². The number of rotatable bonds is 3. The predicted octanol–water partition coefficient (Wildman–Crippen LogP) is 4.26. The zero-order valence-corrected chi connectivity index (χ0v) is 10.8. The molecule has 9 heteroatoms. The highest BCUT2D eigenvalue weighted by molar-refractivity contribution is 14.1. The minimum absolute atomic E-state index is 0.0564. The highest BCUT2D eigenvalue weighted by Crippen LogP contribution is 2.35. The molecule has 2 nitrogen and oxygen atoms in total. The second-order valence-corrected chi connectivity index (χ2v) is 4.22. The first kappa shape index (κ1) is 14.7. The minimum Gasteiger partial charge on any atom is -0.402 e. The fourth-order valence-electron chi connectivity index (χ4n) is 1.01. The van der Waals surface area contributed by atoms with E-state index in [1.165, 1.54) is 22.6 Å². The van der Waals surface area contributed by atoms with Crippen LogP contribution in [0.15, 0.2) is 6.07 Å². The Hall–Kier alpha value is -0.380. The quantitative estimate of drug-likeness (QED) is 0.439. The van der Waals surface area contributed by atoms with Crippen molar-refractivity contribution in [3.8, 4) is 5.75 Å².